The largest absolute Gasteiger partial charge is 0.298 e. The van der Waals surface area contributed by atoms with Crippen LogP contribution in [-0.2, 0) is 14.8 Å². The fraction of sp³-hybridized carbons (Fsp3) is 0.929. The Morgan fingerprint density at radius 3 is 2.25 bits per heavy atom. The molecule has 4 nitrogen and oxygen atoms in total. The van der Waals surface area contributed by atoms with Crippen LogP contribution in [0.4, 0.5) is 0 Å². The molecule has 2 fully saturated rings. The Kier molecular flexibility index (Phi) is 4.15. The monoisotopic (exact) mass is 365 g/mol. The Morgan fingerprint density at radius 1 is 1.30 bits per heavy atom. The van der Waals surface area contributed by atoms with Gasteiger partial charge in [-0.1, -0.05) is 43.6 Å². The number of rotatable bonds is 5. The van der Waals surface area contributed by atoms with Crippen LogP contribution >= 0.6 is 15.9 Å². The summed E-state index contributed by atoms with van der Waals surface area (Å²) in [5.74, 6) is 0.396. The number of halogens is 1. The van der Waals surface area contributed by atoms with E-state index in [0.29, 0.717) is 13.1 Å². The smallest absolute Gasteiger partial charge is 0.214 e. The molecule has 0 aromatic heterocycles. The van der Waals surface area contributed by atoms with Gasteiger partial charge in [0.05, 0.1) is 10.6 Å². The average Bonchev–Trinajstić information content (AvgIpc) is 2.66. The Labute approximate surface area is 130 Å². The Hall–Kier alpha value is 0.0600. The van der Waals surface area contributed by atoms with Crippen LogP contribution in [0.15, 0.2) is 0 Å². The minimum absolute atomic E-state index is 0.0800. The predicted octanol–water partition coefficient (Wildman–Crippen LogP) is 2.43. The fourth-order valence-corrected chi connectivity index (χ4v) is 7.78. The van der Waals surface area contributed by atoms with E-state index in [9.17, 15) is 13.2 Å². The molecule has 4 unspecified atom stereocenters. The maximum atomic E-state index is 12.6. The summed E-state index contributed by atoms with van der Waals surface area (Å²) in [5, 5.41) is 0. The maximum Gasteiger partial charge on any atom is 0.214 e. The van der Waals surface area contributed by atoms with E-state index in [0.717, 1.165) is 12.8 Å². The zero-order valence-corrected chi connectivity index (χ0v) is 15.1. The van der Waals surface area contributed by atoms with Crippen molar-refractivity contribution in [3.63, 3.8) is 0 Å². The molecule has 0 aromatic carbocycles. The van der Waals surface area contributed by atoms with E-state index in [-0.39, 0.29) is 22.3 Å². The minimum atomic E-state index is -3.31. The highest BCUT2D eigenvalue weighted by Gasteiger charge is 2.68. The standard InChI is InChI=1S/C14H24BrNO3S/c1-5-16(6-2)20(18,19)9-14(4)10-7-8-13(14,3)12(17)11(10)15/h10-11H,5-9H2,1-4H3. The van der Waals surface area contributed by atoms with E-state index in [4.69, 9.17) is 0 Å². The molecule has 0 aliphatic heterocycles. The lowest BCUT2D eigenvalue weighted by Gasteiger charge is -2.37. The molecule has 2 bridgehead atoms. The molecule has 0 heterocycles. The van der Waals surface area contributed by atoms with Crippen LogP contribution in [0.1, 0.15) is 40.5 Å². The summed E-state index contributed by atoms with van der Waals surface area (Å²) in [6.45, 7) is 8.63. The second-order valence-corrected chi connectivity index (χ2v) is 9.46. The number of hydrogen-bond acceptors (Lipinski definition) is 3. The van der Waals surface area contributed by atoms with Gasteiger partial charge in [-0.25, -0.2) is 12.7 Å². The van der Waals surface area contributed by atoms with E-state index in [1.807, 2.05) is 27.7 Å². The van der Waals surface area contributed by atoms with Crippen LogP contribution in [-0.4, -0.2) is 42.2 Å². The van der Waals surface area contributed by atoms with Crippen LogP contribution in [0, 0.1) is 16.7 Å². The Balaban J connectivity index is 2.36. The van der Waals surface area contributed by atoms with Gasteiger partial charge in [-0.2, -0.15) is 0 Å². The summed E-state index contributed by atoms with van der Waals surface area (Å²) in [7, 11) is -3.31. The van der Waals surface area contributed by atoms with E-state index < -0.39 is 20.9 Å². The molecule has 2 saturated carbocycles. The normalized spacial score (nSPS) is 40.8. The van der Waals surface area contributed by atoms with Crippen molar-refractivity contribution >= 4 is 31.7 Å². The number of fused-ring (bicyclic) bond motifs is 2. The predicted molar refractivity (Wildman–Crippen MR) is 83.4 cm³/mol. The molecule has 0 saturated heterocycles. The number of nitrogens with zero attached hydrogens (tertiary/aromatic N) is 1. The molecule has 0 spiro atoms. The Bertz CT molecular complexity index is 517. The summed E-state index contributed by atoms with van der Waals surface area (Å²) in [6.07, 6.45) is 1.74. The van der Waals surface area contributed by atoms with Gasteiger partial charge in [-0.15, -0.1) is 0 Å². The number of alkyl halides is 1. The molecule has 0 N–H and O–H groups in total. The minimum Gasteiger partial charge on any atom is -0.298 e. The van der Waals surface area contributed by atoms with Crippen molar-refractivity contribution in [1.29, 1.82) is 0 Å². The molecule has 6 heteroatoms. The van der Waals surface area contributed by atoms with Gasteiger partial charge in [-0.05, 0) is 24.2 Å². The molecule has 0 amide bonds. The highest BCUT2D eigenvalue weighted by atomic mass is 79.9. The molecule has 2 aliphatic rings. The van der Waals surface area contributed by atoms with Gasteiger partial charge in [0.2, 0.25) is 10.0 Å². The van der Waals surface area contributed by atoms with Crippen molar-refractivity contribution in [2.24, 2.45) is 16.7 Å². The van der Waals surface area contributed by atoms with Gasteiger partial charge in [-0.3, -0.25) is 4.79 Å². The first-order chi connectivity index (χ1) is 9.14. The zero-order chi connectivity index (χ0) is 15.3. The molecule has 20 heavy (non-hydrogen) atoms. The van der Waals surface area contributed by atoms with E-state index in [2.05, 4.69) is 15.9 Å². The first kappa shape index (κ1) is 16.4. The van der Waals surface area contributed by atoms with Crippen LogP contribution in [0.25, 0.3) is 0 Å². The van der Waals surface area contributed by atoms with Crippen molar-refractivity contribution < 1.29 is 13.2 Å². The summed E-state index contributed by atoms with van der Waals surface area (Å²) in [5.41, 5.74) is -0.967. The van der Waals surface area contributed by atoms with Crippen LogP contribution < -0.4 is 0 Å². The number of hydrogen-bond donors (Lipinski definition) is 0. The molecular weight excluding hydrogens is 342 g/mol. The Morgan fingerprint density at radius 2 is 1.85 bits per heavy atom. The van der Waals surface area contributed by atoms with Gasteiger partial charge >= 0.3 is 0 Å². The second kappa shape index (κ2) is 5.06. The van der Waals surface area contributed by atoms with Crippen molar-refractivity contribution in [2.75, 3.05) is 18.8 Å². The quantitative estimate of drug-likeness (QED) is 0.703. The number of sulfonamides is 1. The van der Waals surface area contributed by atoms with Gasteiger partial charge in [0.25, 0.3) is 0 Å². The van der Waals surface area contributed by atoms with Crippen molar-refractivity contribution in [1.82, 2.24) is 4.31 Å². The average molecular weight is 366 g/mol. The van der Waals surface area contributed by atoms with E-state index >= 15 is 0 Å². The summed E-state index contributed by atoms with van der Waals surface area (Å²) in [4.78, 5) is 12.3. The van der Waals surface area contributed by atoms with Crippen LogP contribution in [0.2, 0.25) is 0 Å². The lowest BCUT2D eigenvalue weighted by molar-refractivity contribution is -0.127. The molecular formula is C14H24BrNO3S. The number of ketones is 1. The lowest BCUT2D eigenvalue weighted by Crippen LogP contribution is -2.45. The summed E-state index contributed by atoms with van der Waals surface area (Å²) < 4.78 is 26.8. The lowest BCUT2D eigenvalue weighted by atomic mass is 9.70. The fourth-order valence-electron chi connectivity index (χ4n) is 4.17. The van der Waals surface area contributed by atoms with E-state index in [1.54, 1.807) is 0 Å². The van der Waals surface area contributed by atoms with E-state index in [1.165, 1.54) is 4.31 Å². The highest BCUT2D eigenvalue weighted by Crippen LogP contribution is 2.65. The van der Waals surface area contributed by atoms with Gasteiger partial charge < -0.3 is 0 Å². The molecule has 0 aromatic rings. The number of carbonyl (C=O) groups excluding carboxylic acids is 1. The van der Waals surface area contributed by atoms with Crippen LogP contribution in [0.3, 0.4) is 0 Å². The van der Waals surface area contributed by atoms with Gasteiger partial charge in [0, 0.05) is 18.5 Å². The molecule has 0 radical (unpaired) electrons. The maximum absolute atomic E-state index is 12.6. The van der Waals surface area contributed by atoms with Crippen molar-refractivity contribution in [2.45, 2.75) is 45.4 Å². The third-order valence-corrected chi connectivity index (χ3v) is 9.08. The molecule has 116 valence electrons. The topological polar surface area (TPSA) is 54.5 Å². The molecule has 4 atom stereocenters. The molecule has 2 rings (SSSR count). The zero-order valence-electron chi connectivity index (χ0n) is 12.6. The first-order valence-corrected chi connectivity index (χ1v) is 9.82. The highest BCUT2D eigenvalue weighted by molar-refractivity contribution is 9.10. The van der Waals surface area contributed by atoms with Gasteiger partial charge in [0.1, 0.15) is 0 Å². The van der Waals surface area contributed by atoms with Crippen molar-refractivity contribution in [3.05, 3.63) is 0 Å². The van der Waals surface area contributed by atoms with Crippen LogP contribution in [0.5, 0.6) is 0 Å². The summed E-state index contributed by atoms with van der Waals surface area (Å²) >= 11 is 3.49. The number of carbonyl (C=O) groups is 1. The third kappa shape index (κ3) is 2.02. The SMILES string of the molecule is CCN(CC)S(=O)(=O)CC1(C)C2CCC1(C)C(=O)C2Br. The molecule has 2 aliphatic carbocycles. The first-order valence-electron chi connectivity index (χ1n) is 7.30. The van der Waals surface area contributed by atoms with Crippen molar-refractivity contribution in [3.8, 4) is 0 Å². The second-order valence-electron chi connectivity index (χ2n) is 6.50. The van der Waals surface area contributed by atoms with Gasteiger partial charge in [0.15, 0.2) is 5.78 Å². The summed E-state index contributed by atoms with van der Waals surface area (Å²) in [6, 6.07) is 0. The number of Topliss-reactive ketones (excluding diaryl/α,β-unsaturated/α-hetero) is 1. The third-order valence-electron chi connectivity index (χ3n) is 5.76.